The number of ether oxygens (including phenoxy) is 1. The van der Waals surface area contributed by atoms with Crippen molar-refractivity contribution in [2.45, 2.75) is 25.8 Å². The van der Waals surface area contributed by atoms with Gasteiger partial charge in [0.25, 0.3) is 0 Å². The Hall–Kier alpha value is -2.21. The van der Waals surface area contributed by atoms with E-state index in [1.165, 1.54) is 4.90 Å². The summed E-state index contributed by atoms with van der Waals surface area (Å²) in [7, 11) is 0. The normalized spacial score (nSPS) is 17.7. The molecule has 1 aliphatic rings. The molecule has 0 aliphatic carbocycles. The monoisotopic (exact) mass is 336 g/mol. The van der Waals surface area contributed by atoms with Crippen LogP contribution in [0.25, 0.3) is 11.0 Å². The zero-order chi connectivity index (χ0) is 16.6. The Labute approximate surface area is 138 Å². The molecule has 0 bridgehead atoms. The maximum absolute atomic E-state index is 12.3. The largest absolute Gasteiger partial charge is 0.458 e. The van der Waals surface area contributed by atoms with Crippen LogP contribution < -0.4 is 5.73 Å². The van der Waals surface area contributed by atoms with E-state index < -0.39 is 12.0 Å². The molecule has 1 aromatic heterocycles. The van der Waals surface area contributed by atoms with Crippen molar-refractivity contribution in [1.29, 1.82) is 0 Å². The number of aryl methyl sites for hydroxylation is 1. The lowest BCUT2D eigenvalue weighted by Crippen LogP contribution is -2.41. The maximum Gasteiger partial charge on any atom is 0.374 e. The number of urea groups is 1. The number of furan rings is 1. The number of hydrogen-bond donors (Lipinski definition) is 1. The molecule has 1 unspecified atom stereocenters. The molecule has 1 saturated heterocycles. The van der Waals surface area contributed by atoms with Crippen molar-refractivity contribution in [2.75, 3.05) is 13.2 Å². The summed E-state index contributed by atoms with van der Waals surface area (Å²) in [6, 6.07) is 4.67. The first-order valence-corrected chi connectivity index (χ1v) is 7.77. The third kappa shape index (κ3) is 2.86. The van der Waals surface area contributed by atoms with Gasteiger partial charge in [-0.2, -0.15) is 0 Å². The topological polar surface area (TPSA) is 85.8 Å². The van der Waals surface area contributed by atoms with E-state index >= 15 is 0 Å². The summed E-state index contributed by atoms with van der Waals surface area (Å²) in [5, 5.41) is 1.23. The Morgan fingerprint density at radius 1 is 1.48 bits per heavy atom. The zero-order valence-corrected chi connectivity index (χ0v) is 13.4. The third-order valence-electron chi connectivity index (χ3n) is 4.17. The van der Waals surface area contributed by atoms with E-state index in [4.69, 9.17) is 26.5 Å². The van der Waals surface area contributed by atoms with Crippen LogP contribution in [0.1, 0.15) is 29.0 Å². The number of halogens is 1. The molecule has 1 aromatic carbocycles. The number of esters is 1. The molecule has 6 nitrogen and oxygen atoms in total. The van der Waals surface area contributed by atoms with Gasteiger partial charge in [0.05, 0.1) is 11.1 Å². The van der Waals surface area contributed by atoms with Crippen molar-refractivity contribution < 1.29 is 18.7 Å². The Morgan fingerprint density at radius 2 is 2.26 bits per heavy atom. The van der Waals surface area contributed by atoms with Crippen LogP contribution >= 0.6 is 11.6 Å². The molecular weight excluding hydrogens is 320 g/mol. The van der Waals surface area contributed by atoms with Gasteiger partial charge in [-0.25, -0.2) is 9.59 Å². The molecule has 0 saturated carbocycles. The highest BCUT2D eigenvalue weighted by Gasteiger charge is 2.29. The lowest BCUT2D eigenvalue weighted by atomic mass is 10.1. The number of nitrogens with two attached hydrogens (primary N) is 1. The Balaban J connectivity index is 1.75. The molecule has 0 radical (unpaired) electrons. The first kappa shape index (κ1) is 15.7. The smallest absolute Gasteiger partial charge is 0.374 e. The van der Waals surface area contributed by atoms with Crippen LogP contribution in [0, 0.1) is 6.92 Å². The van der Waals surface area contributed by atoms with Gasteiger partial charge in [-0.15, -0.1) is 0 Å². The van der Waals surface area contributed by atoms with Gasteiger partial charge in [0.2, 0.25) is 5.76 Å². The minimum absolute atomic E-state index is 0.103. The fourth-order valence-electron chi connectivity index (χ4n) is 2.94. The van der Waals surface area contributed by atoms with Crippen LogP contribution in [0.5, 0.6) is 0 Å². The molecule has 2 aromatic rings. The second-order valence-electron chi connectivity index (χ2n) is 5.60. The van der Waals surface area contributed by atoms with E-state index in [0.29, 0.717) is 22.7 Å². The molecule has 3 rings (SSSR count). The second kappa shape index (κ2) is 6.12. The second-order valence-corrected chi connectivity index (χ2v) is 6.01. The zero-order valence-electron chi connectivity index (χ0n) is 12.7. The number of fused-ring (bicyclic) bond motifs is 1. The van der Waals surface area contributed by atoms with Crippen molar-refractivity contribution in [2.24, 2.45) is 5.73 Å². The lowest BCUT2D eigenvalue weighted by Gasteiger charge is -2.21. The first-order valence-electron chi connectivity index (χ1n) is 7.40. The molecule has 2 N–H and O–H groups in total. The van der Waals surface area contributed by atoms with E-state index in [-0.39, 0.29) is 18.4 Å². The van der Waals surface area contributed by atoms with Crippen LogP contribution in [0.4, 0.5) is 4.79 Å². The summed E-state index contributed by atoms with van der Waals surface area (Å²) >= 11 is 6.08. The van der Waals surface area contributed by atoms with E-state index in [2.05, 4.69) is 0 Å². The third-order valence-corrected chi connectivity index (χ3v) is 4.47. The number of benzene rings is 1. The fourth-order valence-corrected chi connectivity index (χ4v) is 3.15. The Bertz CT molecular complexity index is 771. The highest BCUT2D eigenvalue weighted by molar-refractivity contribution is 6.35. The van der Waals surface area contributed by atoms with E-state index in [9.17, 15) is 9.59 Å². The number of rotatable bonds is 3. The van der Waals surface area contributed by atoms with Crippen LogP contribution in [0.3, 0.4) is 0 Å². The minimum atomic E-state index is -0.564. The molecule has 0 spiro atoms. The van der Waals surface area contributed by atoms with Crippen molar-refractivity contribution in [3.8, 4) is 0 Å². The number of primary amides is 1. The Kier molecular flexibility index (Phi) is 4.17. The van der Waals surface area contributed by atoms with Gasteiger partial charge in [-0.1, -0.05) is 23.7 Å². The summed E-state index contributed by atoms with van der Waals surface area (Å²) in [4.78, 5) is 25.1. The van der Waals surface area contributed by atoms with Gasteiger partial charge in [-0.3, -0.25) is 0 Å². The van der Waals surface area contributed by atoms with E-state index in [1.807, 2.05) is 6.07 Å². The van der Waals surface area contributed by atoms with Crippen LogP contribution in [0.2, 0.25) is 5.02 Å². The molecular formula is C16H17ClN2O4. The van der Waals surface area contributed by atoms with Crippen molar-refractivity contribution in [3.05, 3.63) is 34.5 Å². The van der Waals surface area contributed by atoms with Gasteiger partial charge in [0, 0.05) is 17.5 Å². The molecule has 7 heteroatoms. The number of carbonyl (C=O) groups is 2. The van der Waals surface area contributed by atoms with Gasteiger partial charge >= 0.3 is 12.0 Å². The average molecular weight is 337 g/mol. The highest BCUT2D eigenvalue weighted by Crippen LogP contribution is 2.31. The summed E-state index contributed by atoms with van der Waals surface area (Å²) in [5.74, 6) is -0.428. The van der Waals surface area contributed by atoms with Gasteiger partial charge < -0.3 is 19.8 Å². The van der Waals surface area contributed by atoms with Crippen molar-refractivity contribution in [1.82, 2.24) is 4.90 Å². The minimum Gasteiger partial charge on any atom is -0.458 e. The van der Waals surface area contributed by atoms with Gasteiger partial charge in [0.1, 0.15) is 6.61 Å². The molecule has 2 amide bonds. The summed E-state index contributed by atoms with van der Waals surface area (Å²) < 4.78 is 10.9. The predicted molar refractivity (Wildman–Crippen MR) is 85.6 cm³/mol. The van der Waals surface area contributed by atoms with Crippen LogP contribution in [-0.2, 0) is 4.74 Å². The standard InChI is InChI=1S/C16H17ClN2O4/c1-9-11-5-2-6-12(17)14(11)23-13(9)15(20)22-8-10-4-3-7-19(10)16(18)21/h2,5-6,10H,3-4,7-8H2,1H3,(H2,18,21). The summed E-state index contributed by atoms with van der Waals surface area (Å²) in [5.41, 5.74) is 6.47. The molecule has 1 aliphatic heterocycles. The van der Waals surface area contributed by atoms with Gasteiger partial charge in [-0.05, 0) is 25.8 Å². The molecule has 122 valence electrons. The molecule has 1 atom stereocenters. The summed E-state index contributed by atoms with van der Waals surface area (Å²) in [6.07, 6.45) is 1.62. The average Bonchev–Trinajstić information content (AvgIpc) is 3.11. The number of hydrogen-bond acceptors (Lipinski definition) is 4. The van der Waals surface area contributed by atoms with Crippen molar-refractivity contribution in [3.63, 3.8) is 0 Å². The molecule has 2 heterocycles. The number of carbonyl (C=O) groups excluding carboxylic acids is 2. The van der Waals surface area contributed by atoms with Crippen LogP contribution in [-0.4, -0.2) is 36.1 Å². The highest BCUT2D eigenvalue weighted by atomic mass is 35.5. The van der Waals surface area contributed by atoms with Gasteiger partial charge in [0.15, 0.2) is 5.58 Å². The number of likely N-dealkylation sites (tertiary alicyclic amines) is 1. The van der Waals surface area contributed by atoms with Crippen molar-refractivity contribution >= 4 is 34.6 Å². The SMILES string of the molecule is Cc1c(C(=O)OCC2CCCN2C(N)=O)oc2c(Cl)cccc12. The quantitative estimate of drug-likeness (QED) is 0.873. The first-order chi connectivity index (χ1) is 11.0. The Morgan fingerprint density at radius 3 is 2.96 bits per heavy atom. The number of amides is 2. The predicted octanol–water partition coefficient (Wildman–Crippen LogP) is 3.09. The molecule has 23 heavy (non-hydrogen) atoms. The number of nitrogens with zero attached hydrogens (tertiary/aromatic N) is 1. The number of para-hydroxylation sites is 1. The maximum atomic E-state index is 12.3. The fraction of sp³-hybridized carbons (Fsp3) is 0.375. The van der Waals surface area contributed by atoms with E-state index in [1.54, 1.807) is 19.1 Å². The lowest BCUT2D eigenvalue weighted by molar-refractivity contribution is 0.0388. The molecule has 1 fully saturated rings. The van der Waals surface area contributed by atoms with E-state index in [0.717, 1.165) is 18.2 Å². The summed E-state index contributed by atoms with van der Waals surface area (Å²) in [6.45, 7) is 2.48. The van der Waals surface area contributed by atoms with Crippen LogP contribution in [0.15, 0.2) is 22.6 Å².